The average Bonchev–Trinajstić information content (AvgIpc) is 3.00. The Morgan fingerprint density at radius 3 is 2.59 bits per heavy atom. The summed E-state index contributed by atoms with van der Waals surface area (Å²) >= 11 is 0. The Labute approximate surface area is 157 Å². The minimum Gasteiger partial charge on any atom is -0.391 e. The van der Waals surface area contributed by atoms with E-state index in [1.54, 1.807) is 11.8 Å². The van der Waals surface area contributed by atoms with Crippen molar-refractivity contribution in [3.63, 3.8) is 0 Å². The predicted octanol–water partition coefficient (Wildman–Crippen LogP) is 0.126. The first-order valence-corrected chi connectivity index (χ1v) is 9.18. The Kier molecular flexibility index (Phi) is 5.29. The highest BCUT2D eigenvalue weighted by atomic mass is 16.5. The molecule has 0 saturated carbocycles. The van der Waals surface area contributed by atoms with Gasteiger partial charge in [-0.15, -0.1) is 0 Å². The number of aryl methyl sites for hydroxylation is 1. The van der Waals surface area contributed by atoms with Gasteiger partial charge in [0.2, 0.25) is 5.91 Å². The van der Waals surface area contributed by atoms with Crippen LogP contribution in [0.3, 0.4) is 0 Å². The van der Waals surface area contributed by atoms with E-state index in [0.717, 1.165) is 0 Å². The van der Waals surface area contributed by atoms with E-state index in [1.165, 1.54) is 6.92 Å². The normalized spacial score (nSPS) is 27.6. The smallest absolute Gasteiger partial charge is 0.276 e. The van der Waals surface area contributed by atoms with Gasteiger partial charge in [-0.2, -0.15) is 0 Å². The maximum atomic E-state index is 12.8. The van der Waals surface area contributed by atoms with Crippen molar-refractivity contribution in [2.75, 3.05) is 19.7 Å². The van der Waals surface area contributed by atoms with Gasteiger partial charge in [-0.1, -0.05) is 5.16 Å². The molecule has 2 saturated heterocycles. The van der Waals surface area contributed by atoms with Crippen molar-refractivity contribution >= 4 is 11.8 Å². The molecule has 0 unspecified atom stereocenters. The van der Waals surface area contributed by atoms with E-state index < -0.39 is 17.2 Å². The number of carbonyl (C=O) groups is 2. The molecule has 3 N–H and O–H groups in total. The van der Waals surface area contributed by atoms with E-state index in [2.05, 4.69) is 10.5 Å². The molecule has 0 radical (unpaired) electrons. The van der Waals surface area contributed by atoms with Crippen LogP contribution in [-0.4, -0.2) is 69.0 Å². The zero-order valence-corrected chi connectivity index (χ0v) is 15.9. The van der Waals surface area contributed by atoms with E-state index in [4.69, 9.17) is 9.26 Å². The largest absolute Gasteiger partial charge is 0.391 e. The van der Waals surface area contributed by atoms with Crippen LogP contribution in [0.2, 0.25) is 0 Å². The lowest BCUT2D eigenvalue weighted by Gasteiger charge is -2.53. The number of aromatic nitrogens is 1. The third kappa shape index (κ3) is 3.46. The van der Waals surface area contributed by atoms with E-state index >= 15 is 0 Å². The number of nitrogens with zero attached hydrogens (tertiary/aromatic N) is 2. The van der Waals surface area contributed by atoms with E-state index in [-0.39, 0.29) is 24.1 Å². The van der Waals surface area contributed by atoms with Crippen LogP contribution in [-0.2, 0) is 16.1 Å². The number of aliphatic hydroxyl groups excluding tert-OH is 2. The summed E-state index contributed by atoms with van der Waals surface area (Å²) in [5, 5.41) is 27.1. The standard InChI is InChI=1S/C18H27N3O6/c1-11-13(10-22)14(20-27-11)15(24)21-7-4-18(5-8-21)16(25)17(3,6-9-26-18)19-12(2)23/h16,22,25H,4-10H2,1-3H3,(H,19,23)/t16-,17+/m1/s1. The van der Waals surface area contributed by atoms with Crippen LogP contribution in [0.25, 0.3) is 0 Å². The lowest BCUT2D eigenvalue weighted by atomic mass is 9.73. The topological polar surface area (TPSA) is 125 Å². The third-order valence-electron chi connectivity index (χ3n) is 5.82. The van der Waals surface area contributed by atoms with Gasteiger partial charge in [-0.05, 0) is 33.1 Å². The highest BCUT2D eigenvalue weighted by Crippen LogP contribution is 2.40. The Morgan fingerprint density at radius 2 is 2.00 bits per heavy atom. The lowest BCUT2D eigenvalue weighted by molar-refractivity contribution is -0.205. The van der Waals surface area contributed by atoms with Crippen molar-refractivity contribution in [1.29, 1.82) is 0 Å². The first kappa shape index (κ1) is 19.8. The van der Waals surface area contributed by atoms with Crippen LogP contribution in [0.4, 0.5) is 0 Å². The number of ether oxygens (including phenoxy) is 1. The van der Waals surface area contributed by atoms with Crippen LogP contribution >= 0.6 is 0 Å². The average molecular weight is 381 g/mol. The molecule has 2 fully saturated rings. The van der Waals surface area contributed by atoms with E-state index in [0.29, 0.717) is 50.3 Å². The minimum absolute atomic E-state index is 0.124. The highest BCUT2D eigenvalue weighted by molar-refractivity contribution is 5.93. The molecule has 9 heteroatoms. The molecule has 1 spiro atoms. The number of nitrogens with one attached hydrogen (secondary N) is 1. The molecule has 0 aliphatic carbocycles. The summed E-state index contributed by atoms with van der Waals surface area (Å²) in [7, 11) is 0. The fourth-order valence-electron chi connectivity index (χ4n) is 4.20. The van der Waals surface area contributed by atoms with Gasteiger partial charge >= 0.3 is 0 Å². The second-order valence-corrected chi connectivity index (χ2v) is 7.68. The molecule has 2 amide bonds. The molecule has 1 aromatic rings. The maximum absolute atomic E-state index is 12.8. The molecular weight excluding hydrogens is 354 g/mol. The van der Waals surface area contributed by atoms with Crippen LogP contribution in [0, 0.1) is 6.92 Å². The molecular formula is C18H27N3O6. The first-order valence-electron chi connectivity index (χ1n) is 9.18. The van der Waals surface area contributed by atoms with Gasteiger partial charge in [0, 0.05) is 26.6 Å². The number of piperidine rings is 1. The Balaban J connectivity index is 1.72. The van der Waals surface area contributed by atoms with Crippen molar-refractivity contribution in [1.82, 2.24) is 15.4 Å². The van der Waals surface area contributed by atoms with Gasteiger partial charge in [0.15, 0.2) is 5.69 Å². The Morgan fingerprint density at radius 1 is 1.33 bits per heavy atom. The highest BCUT2D eigenvalue weighted by Gasteiger charge is 2.54. The molecule has 2 aliphatic rings. The molecule has 2 atom stereocenters. The lowest BCUT2D eigenvalue weighted by Crippen LogP contribution is -2.69. The van der Waals surface area contributed by atoms with Crippen molar-refractivity contribution in [2.24, 2.45) is 0 Å². The summed E-state index contributed by atoms with van der Waals surface area (Å²) in [6, 6.07) is 0. The maximum Gasteiger partial charge on any atom is 0.276 e. The van der Waals surface area contributed by atoms with Gasteiger partial charge < -0.3 is 29.7 Å². The summed E-state index contributed by atoms with van der Waals surface area (Å²) in [5.41, 5.74) is -1.04. The fraction of sp³-hybridized carbons (Fsp3) is 0.722. The SMILES string of the molecule is CC(=O)N[C@@]1(C)CCOC2(CCN(C(=O)c3noc(C)c3CO)CC2)[C@@H]1O. The minimum atomic E-state index is -0.873. The van der Waals surface area contributed by atoms with Gasteiger partial charge in [-0.3, -0.25) is 9.59 Å². The Hall–Kier alpha value is -1.97. The molecule has 0 aromatic carbocycles. The van der Waals surface area contributed by atoms with Crippen molar-refractivity contribution in [2.45, 2.75) is 63.9 Å². The number of carbonyl (C=O) groups excluding carboxylic acids is 2. The fourth-order valence-corrected chi connectivity index (χ4v) is 4.20. The number of aliphatic hydroxyl groups is 2. The summed E-state index contributed by atoms with van der Waals surface area (Å²) in [6.45, 7) is 5.78. The van der Waals surface area contributed by atoms with E-state index in [1.807, 2.05) is 6.92 Å². The molecule has 9 nitrogen and oxygen atoms in total. The third-order valence-corrected chi connectivity index (χ3v) is 5.82. The van der Waals surface area contributed by atoms with Crippen LogP contribution in [0.1, 0.15) is 54.9 Å². The monoisotopic (exact) mass is 381 g/mol. The predicted molar refractivity (Wildman–Crippen MR) is 93.8 cm³/mol. The summed E-state index contributed by atoms with van der Waals surface area (Å²) < 4.78 is 11.0. The van der Waals surface area contributed by atoms with Gasteiger partial charge in [0.1, 0.15) is 11.9 Å². The van der Waals surface area contributed by atoms with Crippen LogP contribution < -0.4 is 5.32 Å². The number of hydrogen-bond donors (Lipinski definition) is 3. The number of rotatable bonds is 3. The molecule has 0 bridgehead atoms. The second-order valence-electron chi connectivity index (χ2n) is 7.68. The zero-order chi connectivity index (χ0) is 19.8. The first-order chi connectivity index (χ1) is 12.7. The van der Waals surface area contributed by atoms with Gasteiger partial charge in [0.25, 0.3) is 5.91 Å². The van der Waals surface area contributed by atoms with Gasteiger partial charge in [0.05, 0.1) is 23.3 Å². The van der Waals surface area contributed by atoms with Crippen molar-refractivity contribution in [3.8, 4) is 0 Å². The number of amides is 2. The molecule has 150 valence electrons. The second kappa shape index (κ2) is 7.21. The molecule has 1 aromatic heterocycles. The molecule has 27 heavy (non-hydrogen) atoms. The van der Waals surface area contributed by atoms with Crippen molar-refractivity contribution < 1.29 is 29.1 Å². The number of likely N-dealkylation sites (tertiary alicyclic amines) is 1. The van der Waals surface area contributed by atoms with Crippen molar-refractivity contribution in [3.05, 3.63) is 17.0 Å². The molecule has 2 aliphatic heterocycles. The Bertz CT molecular complexity index is 725. The summed E-state index contributed by atoms with van der Waals surface area (Å²) in [6.07, 6.45) is 0.541. The van der Waals surface area contributed by atoms with E-state index in [9.17, 15) is 19.8 Å². The molecule has 3 heterocycles. The zero-order valence-electron chi connectivity index (χ0n) is 15.9. The quantitative estimate of drug-likeness (QED) is 0.679. The summed E-state index contributed by atoms with van der Waals surface area (Å²) in [5.74, 6) is -0.0775. The summed E-state index contributed by atoms with van der Waals surface area (Å²) in [4.78, 5) is 25.9. The van der Waals surface area contributed by atoms with Crippen LogP contribution in [0.15, 0.2) is 4.52 Å². The number of hydrogen-bond acceptors (Lipinski definition) is 7. The van der Waals surface area contributed by atoms with Gasteiger partial charge in [-0.25, -0.2) is 0 Å². The van der Waals surface area contributed by atoms with Crippen LogP contribution in [0.5, 0.6) is 0 Å². The molecule has 3 rings (SSSR count).